The number of fused-ring (bicyclic) bond motifs is 1. The molecule has 0 bridgehead atoms. The van der Waals surface area contributed by atoms with Gasteiger partial charge in [0.05, 0.1) is 11.6 Å². The number of aliphatic imine (C=N–C) groups is 1. The molecule has 0 fully saturated rings. The van der Waals surface area contributed by atoms with E-state index in [-0.39, 0.29) is 11.9 Å². The monoisotopic (exact) mass is 420 g/mol. The van der Waals surface area contributed by atoms with E-state index < -0.39 is 5.54 Å². The number of aryl methyl sites for hydroxylation is 2. The van der Waals surface area contributed by atoms with Crippen molar-refractivity contribution in [3.63, 3.8) is 0 Å². The largest absolute Gasteiger partial charge is 0.369 e. The van der Waals surface area contributed by atoms with Crippen LogP contribution in [0, 0.1) is 11.3 Å². The summed E-state index contributed by atoms with van der Waals surface area (Å²) in [7, 11) is 1.67. The number of hydrogen-bond acceptors (Lipinski definition) is 4. The summed E-state index contributed by atoms with van der Waals surface area (Å²) in [4.78, 5) is 19.8. The third-order valence-electron chi connectivity index (χ3n) is 6.61. The van der Waals surface area contributed by atoms with Gasteiger partial charge in [0, 0.05) is 7.05 Å². The molecule has 32 heavy (non-hydrogen) atoms. The SMILES string of the molecule is CN1C(=O)C(c2cccc(-c3cccc(C#N)c3)c2)(c2ccc3c(c2)CCCC3)N=C1N. The molecule has 0 saturated heterocycles. The van der Waals surface area contributed by atoms with E-state index >= 15 is 0 Å². The van der Waals surface area contributed by atoms with Crippen molar-refractivity contribution < 1.29 is 4.79 Å². The highest BCUT2D eigenvalue weighted by Crippen LogP contribution is 2.41. The maximum Gasteiger partial charge on any atom is 0.266 e. The highest BCUT2D eigenvalue weighted by molar-refractivity contribution is 6.09. The molecule has 1 amide bonds. The molecule has 1 atom stereocenters. The van der Waals surface area contributed by atoms with Gasteiger partial charge in [-0.05, 0) is 77.3 Å². The third-order valence-corrected chi connectivity index (χ3v) is 6.61. The van der Waals surface area contributed by atoms with Gasteiger partial charge < -0.3 is 5.73 Å². The lowest BCUT2D eigenvalue weighted by Crippen LogP contribution is -2.41. The summed E-state index contributed by atoms with van der Waals surface area (Å²) in [5.74, 6) is 0.0540. The second-order valence-corrected chi connectivity index (χ2v) is 8.51. The molecule has 158 valence electrons. The van der Waals surface area contributed by atoms with Crippen LogP contribution in [0.25, 0.3) is 11.1 Å². The van der Waals surface area contributed by atoms with Gasteiger partial charge in [0.1, 0.15) is 0 Å². The zero-order valence-electron chi connectivity index (χ0n) is 18.0. The van der Waals surface area contributed by atoms with E-state index in [0.717, 1.165) is 41.5 Å². The van der Waals surface area contributed by atoms with Crippen LogP contribution in [0.15, 0.2) is 71.7 Å². The van der Waals surface area contributed by atoms with Crippen molar-refractivity contribution in [1.82, 2.24) is 4.90 Å². The fourth-order valence-electron chi connectivity index (χ4n) is 4.83. The Bertz CT molecular complexity index is 1300. The van der Waals surface area contributed by atoms with E-state index in [1.54, 1.807) is 13.1 Å². The van der Waals surface area contributed by atoms with Crippen molar-refractivity contribution in [2.24, 2.45) is 10.7 Å². The number of carbonyl (C=O) groups is 1. The first-order valence-corrected chi connectivity index (χ1v) is 10.9. The second-order valence-electron chi connectivity index (χ2n) is 8.51. The average Bonchev–Trinajstić information content (AvgIpc) is 3.08. The molecule has 2 aliphatic rings. The molecule has 3 aromatic rings. The molecule has 1 aliphatic carbocycles. The molecular formula is C27H24N4O. The lowest BCUT2D eigenvalue weighted by molar-refractivity contribution is -0.129. The highest BCUT2D eigenvalue weighted by atomic mass is 16.2. The molecule has 0 saturated carbocycles. The molecule has 3 aromatic carbocycles. The molecule has 0 spiro atoms. The van der Waals surface area contributed by atoms with Gasteiger partial charge in [-0.1, -0.05) is 48.5 Å². The number of nitrogens with two attached hydrogens (primary N) is 1. The standard InChI is InChI=1S/C27H24N4O/c1-31-25(32)27(30-26(31)29,24-13-12-19-7-2-3-8-21(19)15-24)23-11-5-10-22(16-23)20-9-4-6-18(14-20)17-28/h4-6,9-16H,2-3,7-8H2,1H3,(H2,29,30). The van der Waals surface area contributed by atoms with E-state index in [2.05, 4.69) is 18.2 Å². The van der Waals surface area contributed by atoms with E-state index in [4.69, 9.17) is 10.7 Å². The van der Waals surface area contributed by atoms with Crippen LogP contribution < -0.4 is 5.73 Å². The normalized spacial score (nSPS) is 19.9. The maximum absolute atomic E-state index is 13.6. The van der Waals surface area contributed by atoms with E-state index in [1.807, 2.05) is 48.5 Å². The number of guanidine groups is 1. The van der Waals surface area contributed by atoms with Gasteiger partial charge in [0.2, 0.25) is 0 Å². The van der Waals surface area contributed by atoms with Crippen molar-refractivity contribution in [2.75, 3.05) is 7.05 Å². The van der Waals surface area contributed by atoms with Gasteiger partial charge >= 0.3 is 0 Å². The van der Waals surface area contributed by atoms with Crippen LogP contribution in [-0.2, 0) is 23.2 Å². The highest BCUT2D eigenvalue weighted by Gasteiger charge is 2.49. The molecule has 5 rings (SSSR count). The Balaban J connectivity index is 1.70. The summed E-state index contributed by atoms with van der Waals surface area (Å²) in [6.07, 6.45) is 4.46. The first-order chi connectivity index (χ1) is 15.5. The minimum Gasteiger partial charge on any atom is -0.369 e. The number of hydrogen-bond donors (Lipinski definition) is 1. The fraction of sp³-hybridized carbons (Fsp3) is 0.222. The molecular weight excluding hydrogens is 396 g/mol. The van der Waals surface area contributed by atoms with Gasteiger partial charge in [0.25, 0.3) is 5.91 Å². The lowest BCUT2D eigenvalue weighted by atomic mass is 9.79. The van der Waals surface area contributed by atoms with E-state index in [9.17, 15) is 10.1 Å². The summed E-state index contributed by atoms with van der Waals surface area (Å²) in [6.45, 7) is 0. The Morgan fingerprint density at radius 3 is 2.34 bits per heavy atom. The molecule has 5 heteroatoms. The van der Waals surface area contributed by atoms with E-state index in [0.29, 0.717) is 5.56 Å². The third kappa shape index (κ3) is 3.07. The summed E-state index contributed by atoms with van der Waals surface area (Å²) in [6, 6.07) is 23.8. The Labute approximate surface area is 187 Å². The summed E-state index contributed by atoms with van der Waals surface area (Å²) >= 11 is 0. The van der Waals surface area contributed by atoms with Crippen LogP contribution in [0.2, 0.25) is 0 Å². The topological polar surface area (TPSA) is 82.5 Å². The van der Waals surface area contributed by atoms with Crippen LogP contribution in [0.5, 0.6) is 0 Å². The fourth-order valence-corrected chi connectivity index (χ4v) is 4.83. The van der Waals surface area contributed by atoms with Crippen molar-refractivity contribution in [2.45, 2.75) is 31.2 Å². The summed E-state index contributed by atoms with van der Waals surface area (Å²) in [5.41, 5.74) is 11.6. The van der Waals surface area contributed by atoms with Gasteiger partial charge in [-0.2, -0.15) is 5.26 Å². The van der Waals surface area contributed by atoms with Crippen molar-refractivity contribution in [1.29, 1.82) is 5.26 Å². The summed E-state index contributed by atoms with van der Waals surface area (Å²) in [5, 5.41) is 9.28. The first kappa shape index (κ1) is 20.0. The van der Waals surface area contributed by atoms with Gasteiger partial charge in [-0.25, -0.2) is 4.99 Å². The Kier molecular flexibility index (Phi) is 4.79. The van der Waals surface area contributed by atoms with Gasteiger partial charge in [-0.3, -0.25) is 9.69 Å². The number of nitriles is 1. The Hall–Kier alpha value is -3.91. The first-order valence-electron chi connectivity index (χ1n) is 10.9. The maximum atomic E-state index is 13.6. The van der Waals surface area contributed by atoms with Crippen LogP contribution in [0.1, 0.15) is 40.7 Å². The van der Waals surface area contributed by atoms with Crippen molar-refractivity contribution in [3.8, 4) is 17.2 Å². The summed E-state index contributed by atoms with van der Waals surface area (Å²) < 4.78 is 0. The predicted molar refractivity (Wildman–Crippen MR) is 125 cm³/mol. The molecule has 1 unspecified atom stereocenters. The van der Waals surface area contributed by atoms with Crippen molar-refractivity contribution >= 4 is 11.9 Å². The van der Waals surface area contributed by atoms with Gasteiger partial charge in [-0.15, -0.1) is 0 Å². The Morgan fingerprint density at radius 1 is 0.938 bits per heavy atom. The van der Waals surface area contributed by atoms with Crippen molar-refractivity contribution in [3.05, 3.63) is 94.5 Å². The zero-order chi connectivity index (χ0) is 22.3. The molecule has 1 heterocycles. The number of likely N-dealkylation sites (N-methyl/N-ethyl adjacent to an activating group) is 1. The van der Waals surface area contributed by atoms with Crippen LogP contribution in [0.3, 0.4) is 0 Å². The predicted octanol–water partition coefficient (Wildman–Crippen LogP) is 4.13. The quantitative estimate of drug-likeness (QED) is 0.691. The molecule has 1 aliphatic heterocycles. The molecule has 0 radical (unpaired) electrons. The minimum absolute atomic E-state index is 0.159. The number of benzene rings is 3. The van der Waals surface area contributed by atoms with Gasteiger partial charge in [0.15, 0.2) is 11.5 Å². The number of rotatable bonds is 3. The number of carbonyl (C=O) groups excluding carboxylic acids is 1. The minimum atomic E-state index is -1.21. The smallest absolute Gasteiger partial charge is 0.266 e. The zero-order valence-corrected chi connectivity index (χ0v) is 18.0. The number of nitrogens with zero attached hydrogens (tertiary/aromatic N) is 3. The molecule has 2 N–H and O–H groups in total. The molecule has 5 nitrogen and oxygen atoms in total. The van der Waals surface area contributed by atoms with Crippen LogP contribution in [0.4, 0.5) is 0 Å². The lowest BCUT2D eigenvalue weighted by Gasteiger charge is -2.28. The number of amides is 1. The average molecular weight is 421 g/mol. The second kappa shape index (κ2) is 7.65. The molecule has 0 aromatic heterocycles. The van der Waals surface area contributed by atoms with Crippen LogP contribution >= 0.6 is 0 Å². The Morgan fingerprint density at radius 2 is 1.62 bits per heavy atom. The van der Waals surface area contributed by atoms with Crippen LogP contribution in [-0.4, -0.2) is 23.8 Å². The van der Waals surface area contributed by atoms with E-state index in [1.165, 1.54) is 22.4 Å².